The van der Waals surface area contributed by atoms with Crippen molar-refractivity contribution < 1.29 is 4.74 Å². The molecule has 1 saturated heterocycles. The summed E-state index contributed by atoms with van der Waals surface area (Å²) in [5.41, 5.74) is 1.06. The average Bonchev–Trinajstić information content (AvgIpc) is 2.51. The molecule has 0 saturated carbocycles. The van der Waals surface area contributed by atoms with Crippen LogP contribution in [0, 0.1) is 0 Å². The summed E-state index contributed by atoms with van der Waals surface area (Å²) < 4.78 is 6.93. The molecule has 2 nitrogen and oxygen atoms in total. The van der Waals surface area contributed by atoms with E-state index in [2.05, 4.69) is 53.3 Å². The summed E-state index contributed by atoms with van der Waals surface area (Å²) in [5.74, 6) is 0. The van der Waals surface area contributed by atoms with Gasteiger partial charge in [-0.15, -0.1) is 0 Å². The Hall–Kier alpha value is -0.380. The maximum atomic E-state index is 5.78. The molecule has 1 aliphatic rings. The summed E-state index contributed by atoms with van der Waals surface area (Å²) in [5, 5.41) is 3.46. The summed E-state index contributed by atoms with van der Waals surface area (Å²) >= 11 is 3.56. The average molecular weight is 270 g/mol. The van der Waals surface area contributed by atoms with Crippen molar-refractivity contribution in [1.82, 2.24) is 5.32 Å². The van der Waals surface area contributed by atoms with Gasteiger partial charge in [-0.1, -0.05) is 34.1 Å². The molecular weight excluding hydrogens is 254 g/mol. The van der Waals surface area contributed by atoms with Crippen LogP contribution in [0.1, 0.15) is 19.4 Å². The first-order valence-corrected chi connectivity index (χ1v) is 6.03. The van der Waals surface area contributed by atoms with E-state index in [1.54, 1.807) is 0 Å². The molecule has 0 aliphatic carbocycles. The Balaban J connectivity index is 2.12. The third kappa shape index (κ3) is 2.60. The summed E-state index contributed by atoms with van der Waals surface area (Å²) in [4.78, 5) is 0. The van der Waals surface area contributed by atoms with Crippen molar-refractivity contribution >= 4 is 15.9 Å². The summed E-state index contributed by atoms with van der Waals surface area (Å²) in [7, 11) is 0. The van der Waals surface area contributed by atoms with E-state index in [4.69, 9.17) is 4.74 Å². The summed E-state index contributed by atoms with van der Waals surface area (Å²) in [6.07, 6.45) is 0.888. The summed E-state index contributed by atoms with van der Waals surface area (Å²) in [6, 6.07) is 8.72. The number of rotatable bonds is 2. The molecule has 2 unspecified atom stereocenters. The lowest BCUT2D eigenvalue weighted by Crippen LogP contribution is -2.42. The highest BCUT2D eigenvalue weighted by Gasteiger charge is 2.33. The zero-order valence-corrected chi connectivity index (χ0v) is 10.7. The van der Waals surface area contributed by atoms with Gasteiger partial charge in [-0.2, -0.15) is 0 Å². The van der Waals surface area contributed by atoms with Crippen molar-refractivity contribution in [3.63, 3.8) is 0 Å². The predicted molar refractivity (Wildman–Crippen MR) is 64.8 cm³/mol. The van der Waals surface area contributed by atoms with Gasteiger partial charge in [0.05, 0.1) is 6.61 Å². The largest absolute Gasteiger partial charge is 0.359 e. The molecule has 3 heteroatoms. The highest BCUT2D eigenvalue weighted by molar-refractivity contribution is 9.10. The number of ether oxygens (including phenoxy) is 1. The van der Waals surface area contributed by atoms with E-state index in [-0.39, 0.29) is 5.72 Å². The number of nitrogens with one attached hydrogen (secondary N) is 1. The molecule has 1 fully saturated rings. The SMILES string of the molecule is CC1COC(C)(Cc2ccccc2Br)N1. The van der Waals surface area contributed by atoms with E-state index in [9.17, 15) is 0 Å². The Morgan fingerprint density at radius 3 is 2.87 bits per heavy atom. The Morgan fingerprint density at radius 2 is 2.27 bits per heavy atom. The molecule has 82 valence electrons. The minimum Gasteiger partial charge on any atom is -0.359 e. The van der Waals surface area contributed by atoms with Crippen LogP contribution in [-0.4, -0.2) is 18.4 Å². The molecule has 15 heavy (non-hydrogen) atoms. The van der Waals surface area contributed by atoms with E-state index in [1.165, 1.54) is 5.56 Å². The molecule has 0 spiro atoms. The lowest BCUT2D eigenvalue weighted by Gasteiger charge is -2.24. The Morgan fingerprint density at radius 1 is 1.53 bits per heavy atom. The van der Waals surface area contributed by atoms with Gasteiger partial charge in [-0.05, 0) is 25.5 Å². The Kier molecular flexibility index (Phi) is 3.14. The molecule has 0 aromatic heterocycles. The summed E-state index contributed by atoms with van der Waals surface area (Å²) in [6.45, 7) is 5.04. The molecular formula is C12H16BrNO. The van der Waals surface area contributed by atoms with Gasteiger partial charge in [-0.25, -0.2) is 0 Å². The molecule has 0 radical (unpaired) electrons. The van der Waals surface area contributed by atoms with Crippen LogP contribution in [0.4, 0.5) is 0 Å². The first kappa shape index (κ1) is 11.1. The highest BCUT2D eigenvalue weighted by atomic mass is 79.9. The quantitative estimate of drug-likeness (QED) is 0.892. The number of hydrogen-bond acceptors (Lipinski definition) is 2. The lowest BCUT2D eigenvalue weighted by atomic mass is 10.0. The zero-order chi connectivity index (χ0) is 10.9. The van der Waals surface area contributed by atoms with E-state index in [0.29, 0.717) is 6.04 Å². The minimum absolute atomic E-state index is 0.219. The van der Waals surface area contributed by atoms with Gasteiger partial charge in [0.25, 0.3) is 0 Å². The maximum Gasteiger partial charge on any atom is 0.120 e. The Labute approximate surface area is 99.1 Å². The standard InChI is InChI=1S/C12H16BrNO/c1-9-8-15-12(2,14-9)7-10-5-3-4-6-11(10)13/h3-6,9,14H,7-8H2,1-2H3. The fourth-order valence-electron chi connectivity index (χ4n) is 2.02. The van der Waals surface area contributed by atoms with Gasteiger partial charge in [0.15, 0.2) is 0 Å². The minimum atomic E-state index is -0.219. The van der Waals surface area contributed by atoms with Crippen molar-refractivity contribution in [3.8, 4) is 0 Å². The highest BCUT2D eigenvalue weighted by Crippen LogP contribution is 2.25. The van der Waals surface area contributed by atoms with Gasteiger partial charge in [0.1, 0.15) is 5.72 Å². The third-order valence-corrected chi connectivity index (χ3v) is 3.46. The number of halogens is 1. The predicted octanol–water partition coefficient (Wildman–Crippen LogP) is 2.72. The van der Waals surface area contributed by atoms with Crippen molar-refractivity contribution in [2.24, 2.45) is 0 Å². The molecule has 0 amide bonds. The molecule has 2 rings (SSSR count). The van der Waals surface area contributed by atoms with Crippen LogP contribution in [0.15, 0.2) is 28.7 Å². The van der Waals surface area contributed by atoms with Crippen molar-refractivity contribution in [2.45, 2.75) is 32.0 Å². The monoisotopic (exact) mass is 269 g/mol. The number of benzene rings is 1. The van der Waals surface area contributed by atoms with E-state index in [0.717, 1.165) is 17.5 Å². The van der Waals surface area contributed by atoms with Gasteiger partial charge in [-0.3, -0.25) is 5.32 Å². The van der Waals surface area contributed by atoms with Crippen molar-refractivity contribution in [1.29, 1.82) is 0 Å². The second-order valence-corrected chi connectivity index (χ2v) is 5.21. The smallest absolute Gasteiger partial charge is 0.120 e. The molecule has 2 atom stereocenters. The van der Waals surface area contributed by atoms with Gasteiger partial charge in [0, 0.05) is 16.9 Å². The van der Waals surface area contributed by atoms with Crippen molar-refractivity contribution in [2.75, 3.05) is 6.61 Å². The topological polar surface area (TPSA) is 21.3 Å². The normalized spacial score (nSPS) is 30.7. The second-order valence-electron chi connectivity index (χ2n) is 4.36. The molecule has 0 bridgehead atoms. The first-order valence-electron chi connectivity index (χ1n) is 5.24. The van der Waals surface area contributed by atoms with E-state index in [1.807, 2.05) is 6.07 Å². The van der Waals surface area contributed by atoms with Crippen LogP contribution >= 0.6 is 15.9 Å². The molecule has 1 aromatic carbocycles. The van der Waals surface area contributed by atoms with Crippen LogP contribution in [0.2, 0.25) is 0 Å². The fourth-order valence-corrected chi connectivity index (χ4v) is 2.45. The molecule has 1 N–H and O–H groups in total. The molecule has 1 aliphatic heterocycles. The lowest BCUT2D eigenvalue weighted by molar-refractivity contribution is 0.00678. The third-order valence-electron chi connectivity index (χ3n) is 2.69. The van der Waals surface area contributed by atoms with E-state index >= 15 is 0 Å². The van der Waals surface area contributed by atoms with Crippen molar-refractivity contribution in [3.05, 3.63) is 34.3 Å². The van der Waals surface area contributed by atoms with Gasteiger partial charge in [0.2, 0.25) is 0 Å². The van der Waals surface area contributed by atoms with Crippen LogP contribution in [0.5, 0.6) is 0 Å². The van der Waals surface area contributed by atoms with Gasteiger partial charge >= 0.3 is 0 Å². The van der Waals surface area contributed by atoms with Crippen LogP contribution in [0.3, 0.4) is 0 Å². The van der Waals surface area contributed by atoms with Crippen LogP contribution in [-0.2, 0) is 11.2 Å². The van der Waals surface area contributed by atoms with E-state index < -0.39 is 0 Å². The van der Waals surface area contributed by atoms with Crippen LogP contribution in [0.25, 0.3) is 0 Å². The zero-order valence-electron chi connectivity index (χ0n) is 9.09. The first-order chi connectivity index (χ1) is 7.09. The fraction of sp³-hybridized carbons (Fsp3) is 0.500. The maximum absolute atomic E-state index is 5.78. The Bertz CT molecular complexity index is 355. The molecule has 1 heterocycles. The van der Waals surface area contributed by atoms with Gasteiger partial charge < -0.3 is 4.74 Å². The van der Waals surface area contributed by atoms with Crippen LogP contribution < -0.4 is 5.32 Å². The molecule has 1 aromatic rings. The number of hydrogen-bond donors (Lipinski definition) is 1. The second kappa shape index (κ2) is 4.24.